The van der Waals surface area contributed by atoms with Crippen molar-refractivity contribution in [3.63, 3.8) is 0 Å². The third kappa shape index (κ3) is 1.64. The number of carbonyl (C=O) groups excluding carboxylic acids is 1. The number of fused-ring (bicyclic) bond motifs is 1. The van der Waals surface area contributed by atoms with Gasteiger partial charge in [-0.2, -0.15) is 0 Å². The zero-order valence-corrected chi connectivity index (χ0v) is 10.6. The van der Waals surface area contributed by atoms with Crippen molar-refractivity contribution in [1.82, 2.24) is 0 Å². The summed E-state index contributed by atoms with van der Waals surface area (Å²) in [4.78, 5) is 14.6. The van der Waals surface area contributed by atoms with Gasteiger partial charge in [-0.3, -0.25) is 4.79 Å². The summed E-state index contributed by atoms with van der Waals surface area (Å²) >= 11 is 0. The summed E-state index contributed by atoms with van der Waals surface area (Å²) in [5.41, 5.74) is 1.44. The Kier molecular flexibility index (Phi) is 2.47. The lowest BCUT2D eigenvalue weighted by Crippen LogP contribution is -2.40. The van der Waals surface area contributed by atoms with E-state index in [1.807, 2.05) is 13.1 Å². The lowest BCUT2D eigenvalue weighted by Gasteiger charge is -2.29. The Bertz CT molecular complexity index is 493. The molecule has 96 valence electrons. The van der Waals surface area contributed by atoms with E-state index in [4.69, 9.17) is 0 Å². The molecule has 1 amide bonds. The zero-order valence-electron chi connectivity index (χ0n) is 10.6. The Morgan fingerprint density at radius 1 is 1.33 bits per heavy atom. The molecule has 1 saturated carbocycles. The average molecular weight is 246 g/mol. The number of nitrogens with one attached hydrogen (secondary N) is 1. The van der Waals surface area contributed by atoms with Crippen LogP contribution < -0.4 is 10.2 Å². The molecule has 0 unspecified atom stereocenters. The Hall–Kier alpha value is -1.71. The van der Waals surface area contributed by atoms with E-state index in [0.717, 1.165) is 37.9 Å². The van der Waals surface area contributed by atoms with Gasteiger partial charge in [0.15, 0.2) is 0 Å². The first kappa shape index (κ1) is 11.4. The van der Waals surface area contributed by atoms with Crippen LogP contribution in [0.15, 0.2) is 18.2 Å². The molecule has 0 radical (unpaired) electrons. The number of hydrogen-bond donors (Lipinski definition) is 2. The van der Waals surface area contributed by atoms with Gasteiger partial charge in [-0.15, -0.1) is 0 Å². The Morgan fingerprint density at radius 2 is 2.06 bits per heavy atom. The van der Waals surface area contributed by atoms with Gasteiger partial charge in [0, 0.05) is 19.7 Å². The lowest BCUT2D eigenvalue weighted by molar-refractivity contribution is -0.124. The standard InChI is InChI=1S/C14H18N2O2/c1-16-9-14(6-2-3-7-14)13(18)15-11-8-10(17)4-5-12(11)16/h4-5,8,17H,2-3,6-7,9H2,1H3,(H,15,18). The van der Waals surface area contributed by atoms with E-state index in [2.05, 4.69) is 10.2 Å². The minimum atomic E-state index is -0.247. The summed E-state index contributed by atoms with van der Waals surface area (Å²) in [5, 5.41) is 12.5. The number of amides is 1. The highest BCUT2D eigenvalue weighted by Gasteiger charge is 2.44. The van der Waals surface area contributed by atoms with Gasteiger partial charge in [0.1, 0.15) is 5.75 Å². The van der Waals surface area contributed by atoms with Crippen LogP contribution in [0.5, 0.6) is 5.75 Å². The number of anilines is 2. The summed E-state index contributed by atoms with van der Waals surface area (Å²) in [7, 11) is 2.01. The summed E-state index contributed by atoms with van der Waals surface area (Å²) in [6.45, 7) is 0.761. The summed E-state index contributed by atoms with van der Waals surface area (Å²) in [5.74, 6) is 0.293. The van der Waals surface area contributed by atoms with Crippen LogP contribution in [0.3, 0.4) is 0 Å². The maximum absolute atomic E-state index is 12.4. The maximum Gasteiger partial charge on any atom is 0.232 e. The molecule has 18 heavy (non-hydrogen) atoms. The van der Waals surface area contributed by atoms with Crippen LogP contribution in [0.4, 0.5) is 11.4 Å². The average Bonchev–Trinajstić information content (AvgIpc) is 2.75. The fourth-order valence-corrected chi connectivity index (χ4v) is 3.26. The highest BCUT2D eigenvalue weighted by Crippen LogP contribution is 2.44. The van der Waals surface area contributed by atoms with E-state index in [1.54, 1.807) is 12.1 Å². The first-order valence-corrected chi connectivity index (χ1v) is 6.46. The predicted molar refractivity (Wildman–Crippen MR) is 70.9 cm³/mol. The molecular weight excluding hydrogens is 228 g/mol. The molecule has 0 atom stereocenters. The van der Waals surface area contributed by atoms with Gasteiger partial charge >= 0.3 is 0 Å². The van der Waals surface area contributed by atoms with Crippen LogP contribution in [0.25, 0.3) is 0 Å². The van der Waals surface area contributed by atoms with Gasteiger partial charge in [-0.1, -0.05) is 12.8 Å². The van der Waals surface area contributed by atoms with Crippen molar-refractivity contribution in [3.8, 4) is 5.75 Å². The molecule has 1 heterocycles. The van der Waals surface area contributed by atoms with E-state index in [9.17, 15) is 9.90 Å². The number of phenols is 1. The number of nitrogens with zero attached hydrogens (tertiary/aromatic N) is 1. The Balaban J connectivity index is 2.03. The molecule has 2 N–H and O–H groups in total. The topological polar surface area (TPSA) is 52.6 Å². The van der Waals surface area contributed by atoms with Crippen LogP contribution in [-0.2, 0) is 4.79 Å². The van der Waals surface area contributed by atoms with E-state index in [1.165, 1.54) is 0 Å². The van der Waals surface area contributed by atoms with E-state index < -0.39 is 0 Å². The normalized spacial score (nSPS) is 21.6. The van der Waals surface area contributed by atoms with Crippen molar-refractivity contribution in [1.29, 1.82) is 0 Å². The zero-order chi connectivity index (χ0) is 12.8. The van der Waals surface area contributed by atoms with Crippen molar-refractivity contribution < 1.29 is 9.90 Å². The van der Waals surface area contributed by atoms with Crippen molar-refractivity contribution in [2.24, 2.45) is 5.41 Å². The SMILES string of the molecule is CN1CC2(CCCC2)C(=O)Nc2cc(O)ccc21. The Labute approximate surface area is 107 Å². The molecule has 1 fully saturated rings. The van der Waals surface area contributed by atoms with Gasteiger partial charge < -0.3 is 15.3 Å². The lowest BCUT2D eigenvalue weighted by atomic mass is 9.85. The Morgan fingerprint density at radius 3 is 2.78 bits per heavy atom. The molecule has 4 nitrogen and oxygen atoms in total. The minimum absolute atomic E-state index is 0.108. The van der Waals surface area contributed by atoms with Crippen LogP contribution in [0, 0.1) is 5.41 Å². The molecule has 1 spiro atoms. The van der Waals surface area contributed by atoms with Crippen LogP contribution >= 0.6 is 0 Å². The molecule has 1 aliphatic carbocycles. The largest absolute Gasteiger partial charge is 0.508 e. The van der Waals surface area contributed by atoms with Crippen molar-refractivity contribution >= 4 is 17.3 Å². The van der Waals surface area contributed by atoms with E-state index in [-0.39, 0.29) is 17.1 Å². The molecule has 4 heteroatoms. The molecule has 0 bridgehead atoms. The van der Waals surface area contributed by atoms with Crippen LogP contribution in [0.1, 0.15) is 25.7 Å². The highest BCUT2D eigenvalue weighted by molar-refractivity contribution is 6.00. The first-order chi connectivity index (χ1) is 8.61. The van der Waals surface area contributed by atoms with Crippen LogP contribution in [-0.4, -0.2) is 24.6 Å². The van der Waals surface area contributed by atoms with Crippen molar-refractivity contribution in [2.75, 3.05) is 23.8 Å². The van der Waals surface area contributed by atoms with Gasteiger partial charge in [0.05, 0.1) is 16.8 Å². The van der Waals surface area contributed by atoms with E-state index in [0.29, 0.717) is 5.69 Å². The predicted octanol–water partition coefficient (Wildman–Crippen LogP) is 2.34. The molecule has 0 saturated heterocycles. The summed E-state index contributed by atoms with van der Waals surface area (Å²) in [6.07, 6.45) is 4.18. The number of carbonyl (C=O) groups is 1. The monoisotopic (exact) mass is 246 g/mol. The van der Waals surface area contributed by atoms with Crippen LogP contribution in [0.2, 0.25) is 0 Å². The third-order valence-electron chi connectivity index (χ3n) is 4.22. The quantitative estimate of drug-likeness (QED) is 0.738. The molecule has 1 aromatic carbocycles. The second kappa shape index (κ2) is 3.90. The minimum Gasteiger partial charge on any atom is -0.508 e. The van der Waals surface area contributed by atoms with Crippen molar-refractivity contribution in [3.05, 3.63) is 18.2 Å². The van der Waals surface area contributed by atoms with Gasteiger partial charge in [0.25, 0.3) is 0 Å². The number of hydrogen-bond acceptors (Lipinski definition) is 3. The summed E-state index contributed by atoms with van der Waals surface area (Å²) < 4.78 is 0. The van der Waals surface area contributed by atoms with Crippen molar-refractivity contribution in [2.45, 2.75) is 25.7 Å². The molecular formula is C14H18N2O2. The number of phenolic OH excluding ortho intramolecular Hbond substituents is 1. The number of aromatic hydroxyl groups is 1. The second-order valence-electron chi connectivity index (χ2n) is 5.50. The van der Waals surface area contributed by atoms with E-state index >= 15 is 0 Å². The van der Waals surface area contributed by atoms with Gasteiger partial charge in [-0.25, -0.2) is 0 Å². The molecule has 1 aliphatic heterocycles. The number of rotatable bonds is 0. The fraction of sp³-hybridized carbons (Fsp3) is 0.500. The first-order valence-electron chi connectivity index (χ1n) is 6.46. The molecule has 3 rings (SSSR count). The van der Waals surface area contributed by atoms with Gasteiger partial charge in [-0.05, 0) is 25.0 Å². The van der Waals surface area contributed by atoms with Gasteiger partial charge in [0.2, 0.25) is 5.91 Å². The second-order valence-corrected chi connectivity index (χ2v) is 5.50. The molecule has 0 aromatic heterocycles. The maximum atomic E-state index is 12.4. The fourth-order valence-electron chi connectivity index (χ4n) is 3.26. The smallest absolute Gasteiger partial charge is 0.232 e. The number of benzene rings is 1. The molecule has 2 aliphatic rings. The summed E-state index contributed by atoms with van der Waals surface area (Å²) in [6, 6.07) is 5.14. The highest BCUT2D eigenvalue weighted by atomic mass is 16.3. The third-order valence-corrected chi connectivity index (χ3v) is 4.22. The molecule has 1 aromatic rings.